The Morgan fingerprint density at radius 3 is 2.53 bits per heavy atom. The number of hydrogen-bond donors (Lipinski definition) is 3. The molecule has 156 valence electrons. The number of nitrogens with two attached hydrogens (primary N) is 2. The molecule has 2 heterocycles. The monoisotopic (exact) mass is 406 g/mol. The molecule has 0 bridgehead atoms. The van der Waals surface area contributed by atoms with E-state index < -0.39 is 5.91 Å². The quantitative estimate of drug-likeness (QED) is 0.384. The third-order valence-corrected chi connectivity index (χ3v) is 4.51. The van der Waals surface area contributed by atoms with E-state index in [1.54, 1.807) is 18.5 Å². The average molecular weight is 406 g/mol. The molecular weight excluding hydrogens is 380 g/mol. The summed E-state index contributed by atoms with van der Waals surface area (Å²) in [5.74, 6) is 7.24. The highest BCUT2D eigenvalue weighted by atomic mass is 16.1. The van der Waals surface area contributed by atoms with E-state index in [1.165, 1.54) is 11.2 Å². The Bertz CT molecular complexity index is 1010. The Balaban J connectivity index is 1.92. The van der Waals surface area contributed by atoms with E-state index in [4.69, 9.17) is 11.6 Å². The van der Waals surface area contributed by atoms with Crippen LogP contribution in [0.4, 0.5) is 17.5 Å². The number of aromatic nitrogens is 4. The summed E-state index contributed by atoms with van der Waals surface area (Å²) in [6, 6.07) is 9.25. The highest BCUT2D eigenvalue weighted by Gasteiger charge is 2.19. The molecule has 0 fully saturated rings. The van der Waals surface area contributed by atoms with E-state index >= 15 is 0 Å². The first-order valence-electron chi connectivity index (χ1n) is 9.70. The van der Waals surface area contributed by atoms with Crippen LogP contribution in [0.1, 0.15) is 37.6 Å². The summed E-state index contributed by atoms with van der Waals surface area (Å²) in [6.07, 6.45) is 5.62. The Kier molecular flexibility index (Phi) is 6.53. The molecule has 3 rings (SSSR count). The smallest absolute Gasteiger partial charge is 0.254 e. The minimum absolute atomic E-state index is 0.0239. The molecule has 1 atom stereocenters. The molecule has 0 saturated heterocycles. The molecule has 0 radical (unpaired) electrons. The number of amides is 1. The number of carbonyl (C=O) groups is 1. The van der Waals surface area contributed by atoms with Gasteiger partial charge in [-0.2, -0.15) is 4.98 Å². The van der Waals surface area contributed by atoms with Crippen LogP contribution in [0.25, 0.3) is 11.4 Å². The first kappa shape index (κ1) is 21.1. The second-order valence-corrected chi connectivity index (χ2v) is 7.46. The van der Waals surface area contributed by atoms with Crippen molar-refractivity contribution in [3.05, 3.63) is 54.5 Å². The molecular formula is C21H26N8O. The van der Waals surface area contributed by atoms with Gasteiger partial charge in [0.2, 0.25) is 5.95 Å². The van der Waals surface area contributed by atoms with Gasteiger partial charge in [-0.25, -0.2) is 20.8 Å². The third-order valence-electron chi connectivity index (χ3n) is 4.51. The predicted octanol–water partition coefficient (Wildman–Crippen LogP) is 2.89. The van der Waals surface area contributed by atoms with Crippen molar-refractivity contribution in [2.75, 3.05) is 10.3 Å². The molecule has 1 unspecified atom stereocenters. The lowest BCUT2D eigenvalue weighted by Gasteiger charge is -2.26. The van der Waals surface area contributed by atoms with Crippen molar-refractivity contribution >= 4 is 23.4 Å². The molecule has 0 aliphatic heterocycles. The van der Waals surface area contributed by atoms with E-state index in [9.17, 15) is 4.79 Å². The highest BCUT2D eigenvalue weighted by molar-refractivity contribution is 5.98. The third kappa shape index (κ3) is 5.06. The van der Waals surface area contributed by atoms with E-state index in [0.29, 0.717) is 23.4 Å². The lowest BCUT2D eigenvalue weighted by molar-refractivity contribution is 0.100. The number of hydrogen-bond acceptors (Lipinski definition) is 8. The molecule has 2 aromatic heterocycles. The summed E-state index contributed by atoms with van der Waals surface area (Å²) in [7, 11) is 0. The Labute approximate surface area is 175 Å². The van der Waals surface area contributed by atoms with Gasteiger partial charge >= 0.3 is 0 Å². The van der Waals surface area contributed by atoms with Gasteiger partial charge in [0.05, 0.1) is 0 Å². The average Bonchev–Trinajstić information content (AvgIpc) is 2.73. The summed E-state index contributed by atoms with van der Waals surface area (Å²) in [5.41, 5.74) is 7.21. The zero-order valence-corrected chi connectivity index (χ0v) is 17.3. The molecule has 0 aliphatic rings. The predicted molar refractivity (Wildman–Crippen MR) is 117 cm³/mol. The number of nitrogens with one attached hydrogen (secondary N) is 1. The number of primary amides is 1. The van der Waals surface area contributed by atoms with Crippen molar-refractivity contribution in [2.45, 2.75) is 33.2 Å². The Morgan fingerprint density at radius 2 is 1.87 bits per heavy atom. The van der Waals surface area contributed by atoms with Gasteiger partial charge in [0.1, 0.15) is 11.4 Å². The second kappa shape index (κ2) is 9.27. The Hall–Kier alpha value is -3.59. The number of anilines is 3. The summed E-state index contributed by atoms with van der Waals surface area (Å²) in [5, 5.41) is 4.65. The summed E-state index contributed by atoms with van der Waals surface area (Å²) in [4.78, 5) is 29.1. The van der Waals surface area contributed by atoms with Gasteiger partial charge in [0.25, 0.3) is 5.91 Å². The van der Waals surface area contributed by atoms with E-state index in [1.807, 2.05) is 31.2 Å². The van der Waals surface area contributed by atoms with Crippen LogP contribution in [0.5, 0.6) is 0 Å². The first-order chi connectivity index (χ1) is 14.3. The van der Waals surface area contributed by atoms with E-state index in [-0.39, 0.29) is 17.4 Å². The van der Waals surface area contributed by atoms with Crippen LogP contribution >= 0.6 is 0 Å². The van der Waals surface area contributed by atoms with Crippen molar-refractivity contribution < 1.29 is 4.79 Å². The molecule has 0 aliphatic carbocycles. The maximum absolute atomic E-state index is 11.9. The molecule has 0 saturated carbocycles. The largest absolute Gasteiger partial charge is 0.365 e. The number of carbonyl (C=O) groups excluding carboxylic acids is 1. The fourth-order valence-electron chi connectivity index (χ4n) is 3.09. The molecule has 9 nitrogen and oxygen atoms in total. The van der Waals surface area contributed by atoms with Gasteiger partial charge in [-0.15, -0.1) is 0 Å². The minimum atomic E-state index is -0.634. The standard InChI is InChI=1S/C21H26N8O/c1-13(2)10-14(3)29(23)21-26-12-17(18(22)30)20(28-21)27-16-7-4-6-15(11-16)19-24-8-5-9-25-19/h4-9,11-14H,10,23H2,1-3H3,(H2,22,30)(H,26,27,28). The topological polar surface area (TPSA) is 136 Å². The molecule has 1 amide bonds. The summed E-state index contributed by atoms with van der Waals surface area (Å²) >= 11 is 0. The molecule has 3 aromatic rings. The van der Waals surface area contributed by atoms with Gasteiger partial charge in [0.15, 0.2) is 5.82 Å². The number of hydrazine groups is 1. The summed E-state index contributed by atoms with van der Waals surface area (Å²) in [6.45, 7) is 6.25. The Morgan fingerprint density at radius 1 is 1.13 bits per heavy atom. The fraction of sp³-hybridized carbons (Fsp3) is 0.286. The van der Waals surface area contributed by atoms with Crippen molar-refractivity contribution in [3.8, 4) is 11.4 Å². The fourth-order valence-corrected chi connectivity index (χ4v) is 3.09. The van der Waals surface area contributed by atoms with E-state index in [0.717, 1.165) is 12.0 Å². The molecule has 0 spiro atoms. The molecule has 30 heavy (non-hydrogen) atoms. The molecule has 1 aromatic carbocycles. The van der Waals surface area contributed by atoms with Gasteiger partial charge in [-0.3, -0.25) is 9.80 Å². The first-order valence-corrected chi connectivity index (χ1v) is 9.70. The van der Waals surface area contributed by atoms with Crippen LogP contribution in [0, 0.1) is 5.92 Å². The van der Waals surface area contributed by atoms with Gasteiger partial charge in [-0.05, 0) is 37.5 Å². The SMILES string of the molecule is CC(C)CC(C)N(N)c1ncc(C(N)=O)c(Nc2cccc(-c3ncccn3)c2)n1. The zero-order valence-electron chi connectivity index (χ0n) is 17.3. The van der Waals surface area contributed by atoms with Crippen LogP contribution in [-0.4, -0.2) is 31.9 Å². The number of rotatable bonds is 8. The van der Waals surface area contributed by atoms with Crippen molar-refractivity contribution in [1.29, 1.82) is 0 Å². The van der Waals surface area contributed by atoms with Crippen LogP contribution < -0.4 is 21.9 Å². The maximum atomic E-state index is 11.9. The lowest BCUT2D eigenvalue weighted by Crippen LogP contribution is -2.41. The van der Waals surface area contributed by atoms with Crippen molar-refractivity contribution in [3.63, 3.8) is 0 Å². The van der Waals surface area contributed by atoms with Crippen LogP contribution in [0.2, 0.25) is 0 Å². The number of benzene rings is 1. The maximum Gasteiger partial charge on any atom is 0.254 e. The lowest BCUT2D eigenvalue weighted by atomic mass is 10.1. The summed E-state index contributed by atoms with van der Waals surface area (Å²) < 4.78 is 0. The van der Waals surface area contributed by atoms with Gasteiger partial charge < -0.3 is 11.1 Å². The van der Waals surface area contributed by atoms with Crippen molar-refractivity contribution in [1.82, 2.24) is 19.9 Å². The second-order valence-electron chi connectivity index (χ2n) is 7.46. The van der Waals surface area contributed by atoms with Crippen LogP contribution in [0.15, 0.2) is 48.9 Å². The van der Waals surface area contributed by atoms with Crippen LogP contribution in [0.3, 0.4) is 0 Å². The highest BCUT2D eigenvalue weighted by Crippen LogP contribution is 2.25. The molecule has 5 N–H and O–H groups in total. The van der Waals surface area contributed by atoms with Gasteiger partial charge in [-0.1, -0.05) is 26.0 Å². The van der Waals surface area contributed by atoms with E-state index in [2.05, 4.69) is 39.1 Å². The van der Waals surface area contributed by atoms with Crippen LogP contribution in [-0.2, 0) is 0 Å². The minimum Gasteiger partial charge on any atom is -0.365 e. The number of nitrogens with zero attached hydrogens (tertiary/aromatic N) is 5. The zero-order chi connectivity index (χ0) is 21.7. The van der Waals surface area contributed by atoms with Crippen molar-refractivity contribution in [2.24, 2.45) is 17.5 Å². The molecule has 9 heteroatoms. The normalized spacial score (nSPS) is 11.9. The van der Waals surface area contributed by atoms with Gasteiger partial charge in [0, 0.05) is 35.9 Å².